The number of likely N-dealkylation sites (tertiary alicyclic amines) is 1. The molecule has 0 radical (unpaired) electrons. The molecule has 26 heavy (non-hydrogen) atoms. The summed E-state index contributed by atoms with van der Waals surface area (Å²) in [4.78, 5) is 14.0. The van der Waals surface area contributed by atoms with E-state index in [2.05, 4.69) is 0 Å². The van der Waals surface area contributed by atoms with Crippen LogP contribution in [0.4, 0.5) is 18.0 Å². The van der Waals surface area contributed by atoms with Crippen LogP contribution in [0.15, 0.2) is 54.6 Å². The molecule has 0 bridgehead atoms. The molecule has 1 amide bonds. The van der Waals surface area contributed by atoms with Crippen molar-refractivity contribution in [1.29, 1.82) is 0 Å². The number of carbonyl (C=O) groups is 1. The molecule has 0 saturated carbocycles. The van der Waals surface area contributed by atoms with E-state index in [-0.39, 0.29) is 26.0 Å². The lowest BCUT2D eigenvalue weighted by Crippen LogP contribution is -2.42. The minimum absolute atomic E-state index is 0.116. The van der Waals surface area contributed by atoms with Gasteiger partial charge >= 0.3 is 6.09 Å². The van der Waals surface area contributed by atoms with Crippen molar-refractivity contribution in [2.75, 3.05) is 6.54 Å². The lowest BCUT2D eigenvalue weighted by molar-refractivity contribution is 0.00486. The maximum absolute atomic E-state index is 13.2. The molecule has 2 atom stereocenters. The molecule has 2 aromatic rings. The highest BCUT2D eigenvalue weighted by atomic mass is 19.3. The number of ether oxygens (including phenoxy) is 1. The summed E-state index contributed by atoms with van der Waals surface area (Å²) < 4.78 is 44.9. The van der Waals surface area contributed by atoms with Gasteiger partial charge in [-0.25, -0.2) is 18.0 Å². The van der Waals surface area contributed by atoms with Crippen LogP contribution in [-0.4, -0.2) is 24.0 Å². The van der Waals surface area contributed by atoms with Crippen LogP contribution < -0.4 is 0 Å². The van der Waals surface area contributed by atoms with Crippen molar-refractivity contribution < 1.29 is 22.7 Å². The monoisotopic (exact) mass is 363 g/mol. The van der Waals surface area contributed by atoms with Gasteiger partial charge in [0.1, 0.15) is 12.4 Å². The first-order valence-electron chi connectivity index (χ1n) is 8.55. The first-order chi connectivity index (χ1) is 12.5. The molecule has 1 fully saturated rings. The van der Waals surface area contributed by atoms with Crippen LogP contribution >= 0.6 is 0 Å². The fourth-order valence-electron chi connectivity index (χ4n) is 3.24. The summed E-state index contributed by atoms with van der Waals surface area (Å²) in [7, 11) is 0. The van der Waals surface area contributed by atoms with Gasteiger partial charge in [0.25, 0.3) is 0 Å². The number of piperidine rings is 1. The molecule has 6 heteroatoms. The van der Waals surface area contributed by atoms with E-state index in [0.29, 0.717) is 5.56 Å². The van der Waals surface area contributed by atoms with Crippen molar-refractivity contribution in [3.8, 4) is 0 Å². The van der Waals surface area contributed by atoms with Crippen molar-refractivity contribution in [2.24, 2.45) is 5.92 Å². The number of nitrogens with zero attached hydrogens (tertiary/aromatic N) is 1. The second-order valence-corrected chi connectivity index (χ2v) is 6.42. The normalized spacial score (nSPS) is 20.2. The van der Waals surface area contributed by atoms with Gasteiger partial charge in [-0.1, -0.05) is 42.5 Å². The molecule has 3 rings (SSSR count). The molecule has 0 spiro atoms. The average Bonchev–Trinajstić information content (AvgIpc) is 2.67. The summed E-state index contributed by atoms with van der Waals surface area (Å²) >= 11 is 0. The first kappa shape index (κ1) is 18.3. The highest BCUT2D eigenvalue weighted by Crippen LogP contribution is 2.37. The number of amides is 1. The third kappa shape index (κ3) is 4.36. The highest BCUT2D eigenvalue weighted by molar-refractivity contribution is 5.68. The van der Waals surface area contributed by atoms with Crippen LogP contribution in [-0.2, 0) is 11.3 Å². The van der Waals surface area contributed by atoms with Gasteiger partial charge in [-0.2, -0.15) is 0 Å². The first-order valence-corrected chi connectivity index (χ1v) is 8.55. The minimum Gasteiger partial charge on any atom is -0.445 e. The molecular weight excluding hydrogens is 343 g/mol. The zero-order valence-electron chi connectivity index (χ0n) is 14.2. The Morgan fingerprint density at radius 3 is 2.46 bits per heavy atom. The van der Waals surface area contributed by atoms with Crippen LogP contribution in [0, 0.1) is 11.7 Å². The molecule has 0 N–H and O–H groups in total. The lowest BCUT2D eigenvalue weighted by Gasteiger charge is -2.38. The predicted molar refractivity (Wildman–Crippen MR) is 91.2 cm³/mol. The third-order valence-electron chi connectivity index (χ3n) is 4.69. The van der Waals surface area contributed by atoms with Gasteiger partial charge in [0.05, 0.1) is 6.04 Å². The summed E-state index contributed by atoms with van der Waals surface area (Å²) in [6.45, 7) is 0.301. The van der Waals surface area contributed by atoms with Crippen molar-refractivity contribution in [3.63, 3.8) is 0 Å². The molecule has 1 heterocycles. The molecular formula is C20H20F3NO2. The zero-order valence-corrected chi connectivity index (χ0v) is 14.2. The van der Waals surface area contributed by atoms with E-state index < -0.39 is 30.3 Å². The SMILES string of the molecule is O=C(OCc1ccccc1)N1CC[C@H](C(F)F)C[C@@H]1c1ccc(F)cc1. The van der Waals surface area contributed by atoms with Crippen molar-refractivity contribution in [3.05, 3.63) is 71.5 Å². The lowest BCUT2D eigenvalue weighted by atomic mass is 9.87. The van der Waals surface area contributed by atoms with E-state index in [1.165, 1.54) is 29.2 Å². The van der Waals surface area contributed by atoms with Gasteiger partial charge in [0.15, 0.2) is 0 Å². The predicted octanol–water partition coefficient (Wildman–Crippen LogP) is 5.18. The third-order valence-corrected chi connectivity index (χ3v) is 4.69. The Bertz CT molecular complexity index is 722. The Balaban J connectivity index is 1.74. The van der Waals surface area contributed by atoms with Crippen LogP contribution in [0.5, 0.6) is 0 Å². The van der Waals surface area contributed by atoms with E-state index in [1.54, 1.807) is 0 Å². The number of carbonyl (C=O) groups excluding carboxylic acids is 1. The van der Waals surface area contributed by atoms with E-state index >= 15 is 0 Å². The quantitative estimate of drug-likeness (QED) is 0.749. The zero-order chi connectivity index (χ0) is 18.5. The average molecular weight is 363 g/mol. The smallest absolute Gasteiger partial charge is 0.410 e. The van der Waals surface area contributed by atoms with Crippen LogP contribution in [0.3, 0.4) is 0 Å². The van der Waals surface area contributed by atoms with Crippen molar-refractivity contribution >= 4 is 6.09 Å². The van der Waals surface area contributed by atoms with Crippen LogP contribution in [0.2, 0.25) is 0 Å². The van der Waals surface area contributed by atoms with Gasteiger partial charge in [-0.15, -0.1) is 0 Å². The van der Waals surface area contributed by atoms with Gasteiger partial charge in [0, 0.05) is 12.5 Å². The molecule has 1 saturated heterocycles. The van der Waals surface area contributed by atoms with Crippen molar-refractivity contribution in [2.45, 2.75) is 31.9 Å². The molecule has 1 aliphatic heterocycles. The largest absolute Gasteiger partial charge is 0.445 e. The van der Waals surface area contributed by atoms with E-state index in [9.17, 15) is 18.0 Å². The minimum atomic E-state index is -2.44. The number of halogens is 3. The number of hydrogen-bond donors (Lipinski definition) is 0. The van der Waals surface area contributed by atoms with Crippen LogP contribution in [0.25, 0.3) is 0 Å². The fraction of sp³-hybridized carbons (Fsp3) is 0.350. The Labute approximate surface area is 150 Å². The van der Waals surface area contributed by atoms with Crippen LogP contribution in [0.1, 0.15) is 30.0 Å². The summed E-state index contributed by atoms with van der Waals surface area (Å²) in [6.07, 6.45) is -2.64. The Morgan fingerprint density at radius 1 is 1.12 bits per heavy atom. The van der Waals surface area contributed by atoms with Gasteiger partial charge in [0.2, 0.25) is 6.43 Å². The second-order valence-electron chi connectivity index (χ2n) is 6.42. The Kier molecular flexibility index (Phi) is 5.81. The summed E-state index contributed by atoms with van der Waals surface area (Å²) in [6, 6.07) is 14.3. The van der Waals surface area contributed by atoms with Gasteiger partial charge in [-0.3, -0.25) is 0 Å². The maximum atomic E-state index is 13.2. The molecule has 0 aliphatic carbocycles. The molecule has 138 valence electrons. The van der Waals surface area contributed by atoms with Crippen molar-refractivity contribution in [1.82, 2.24) is 4.90 Å². The Morgan fingerprint density at radius 2 is 1.81 bits per heavy atom. The van der Waals surface area contributed by atoms with Gasteiger partial charge < -0.3 is 9.64 Å². The number of alkyl halides is 2. The Hall–Kier alpha value is -2.50. The second kappa shape index (κ2) is 8.25. The number of hydrogen-bond acceptors (Lipinski definition) is 2. The summed E-state index contributed by atoms with van der Waals surface area (Å²) in [5.41, 5.74) is 1.48. The van der Waals surface area contributed by atoms with E-state index in [4.69, 9.17) is 4.74 Å². The molecule has 0 aromatic heterocycles. The van der Waals surface area contributed by atoms with Gasteiger partial charge in [-0.05, 0) is 36.1 Å². The standard InChI is InChI=1S/C20H20F3NO2/c21-17-8-6-15(7-9-17)18-12-16(19(22)23)10-11-24(18)20(25)26-13-14-4-2-1-3-5-14/h1-9,16,18-19H,10-13H2/t16-,18+/m0/s1. The summed E-state index contributed by atoms with van der Waals surface area (Å²) in [5, 5.41) is 0. The maximum Gasteiger partial charge on any atom is 0.410 e. The fourth-order valence-corrected chi connectivity index (χ4v) is 3.24. The van der Waals surface area contributed by atoms with E-state index in [1.807, 2.05) is 30.3 Å². The number of benzene rings is 2. The summed E-state index contributed by atoms with van der Waals surface area (Å²) in [5.74, 6) is -1.20. The number of rotatable bonds is 4. The van der Waals surface area contributed by atoms with E-state index in [0.717, 1.165) is 5.56 Å². The molecule has 0 unspecified atom stereocenters. The molecule has 1 aliphatic rings. The molecule has 2 aromatic carbocycles. The topological polar surface area (TPSA) is 29.5 Å². The molecule has 3 nitrogen and oxygen atoms in total. The highest BCUT2D eigenvalue weighted by Gasteiger charge is 2.37.